The highest BCUT2D eigenvalue weighted by molar-refractivity contribution is 7.89. The minimum absolute atomic E-state index is 0.0913. The number of sulfonamides is 1. The Hall–Kier alpha value is -0.130. The van der Waals surface area contributed by atoms with Gasteiger partial charge in [-0.1, -0.05) is 19.8 Å². The highest BCUT2D eigenvalue weighted by Crippen LogP contribution is 2.26. The van der Waals surface area contributed by atoms with Gasteiger partial charge in [0, 0.05) is 13.1 Å². The van der Waals surface area contributed by atoms with Gasteiger partial charge in [-0.05, 0) is 19.3 Å². The first-order valence-electron chi connectivity index (χ1n) is 5.72. The molecule has 1 rings (SSSR count). The fraction of sp³-hybridized carbons (Fsp3) is 1.00. The average Bonchev–Trinajstić information content (AvgIpc) is 2.70. The van der Waals surface area contributed by atoms with Crippen molar-refractivity contribution >= 4 is 10.0 Å². The predicted octanol–water partition coefficient (Wildman–Crippen LogP) is 0.963. The third kappa shape index (κ3) is 3.16. The molecule has 1 N–H and O–H groups in total. The molecule has 0 saturated heterocycles. The van der Waals surface area contributed by atoms with E-state index in [2.05, 4.69) is 0 Å². The topological polar surface area (TPSA) is 57.6 Å². The predicted molar refractivity (Wildman–Crippen MR) is 60.1 cm³/mol. The third-order valence-corrected chi connectivity index (χ3v) is 5.30. The molecule has 15 heavy (non-hydrogen) atoms. The Morgan fingerprint density at radius 3 is 2.33 bits per heavy atom. The van der Waals surface area contributed by atoms with Crippen LogP contribution >= 0.6 is 0 Å². The zero-order valence-electron chi connectivity index (χ0n) is 9.35. The fourth-order valence-electron chi connectivity index (χ4n) is 2.12. The molecule has 1 fully saturated rings. The molecule has 1 aliphatic carbocycles. The Morgan fingerprint density at radius 2 is 1.87 bits per heavy atom. The Labute approximate surface area is 92.3 Å². The number of aliphatic hydroxyl groups is 1. The van der Waals surface area contributed by atoms with Crippen LogP contribution in [0.3, 0.4) is 0 Å². The molecule has 0 aliphatic heterocycles. The maximum atomic E-state index is 12.1. The fourth-order valence-corrected chi connectivity index (χ4v) is 4.25. The molecule has 0 bridgehead atoms. The molecule has 0 spiro atoms. The third-order valence-electron chi connectivity index (χ3n) is 2.91. The van der Waals surface area contributed by atoms with Gasteiger partial charge in [0.05, 0.1) is 11.9 Å². The number of nitrogens with zero attached hydrogens (tertiary/aromatic N) is 1. The van der Waals surface area contributed by atoms with Gasteiger partial charge >= 0.3 is 0 Å². The van der Waals surface area contributed by atoms with Crippen LogP contribution in [0.2, 0.25) is 0 Å². The van der Waals surface area contributed by atoms with Gasteiger partial charge in [0.25, 0.3) is 0 Å². The van der Waals surface area contributed by atoms with Gasteiger partial charge in [-0.3, -0.25) is 0 Å². The van der Waals surface area contributed by atoms with Crippen LogP contribution in [-0.2, 0) is 10.0 Å². The summed E-state index contributed by atoms with van der Waals surface area (Å²) in [5.74, 6) is 0. The van der Waals surface area contributed by atoms with Crippen LogP contribution in [0.25, 0.3) is 0 Å². The van der Waals surface area contributed by atoms with E-state index in [1.165, 1.54) is 4.31 Å². The molecule has 5 heteroatoms. The van der Waals surface area contributed by atoms with Crippen LogP contribution in [0.1, 0.15) is 39.0 Å². The lowest BCUT2D eigenvalue weighted by Crippen LogP contribution is -2.39. The number of rotatable bonds is 6. The van der Waals surface area contributed by atoms with E-state index in [1.54, 1.807) is 0 Å². The molecule has 1 aliphatic rings. The van der Waals surface area contributed by atoms with E-state index in [9.17, 15) is 8.42 Å². The van der Waals surface area contributed by atoms with Gasteiger partial charge < -0.3 is 5.11 Å². The summed E-state index contributed by atoms with van der Waals surface area (Å²) in [6.07, 6.45) is 4.40. The monoisotopic (exact) mass is 235 g/mol. The number of aliphatic hydroxyl groups excluding tert-OH is 1. The molecule has 4 nitrogen and oxygen atoms in total. The molecule has 0 aromatic heterocycles. The standard InChI is InChI=1S/C10H21NO3S/c1-2-7-11(8-9-12)15(13,14)10-5-3-4-6-10/h10,12H,2-9H2,1H3. The van der Waals surface area contributed by atoms with Crippen molar-refractivity contribution < 1.29 is 13.5 Å². The van der Waals surface area contributed by atoms with Gasteiger partial charge in [-0.2, -0.15) is 4.31 Å². The van der Waals surface area contributed by atoms with E-state index in [4.69, 9.17) is 5.11 Å². The van der Waals surface area contributed by atoms with E-state index >= 15 is 0 Å². The Morgan fingerprint density at radius 1 is 1.27 bits per heavy atom. The Kier molecular flexibility index (Phi) is 5.02. The molecule has 0 aromatic carbocycles. The Bertz CT molecular complexity index is 264. The molecule has 90 valence electrons. The van der Waals surface area contributed by atoms with Gasteiger partial charge in [0.1, 0.15) is 0 Å². The van der Waals surface area contributed by atoms with E-state index in [-0.39, 0.29) is 18.4 Å². The second kappa shape index (κ2) is 5.82. The van der Waals surface area contributed by atoms with Crippen LogP contribution in [0.4, 0.5) is 0 Å². The average molecular weight is 235 g/mol. The molecule has 1 saturated carbocycles. The van der Waals surface area contributed by atoms with Crippen molar-refractivity contribution in [3.8, 4) is 0 Å². The van der Waals surface area contributed by atoms with Gasteiger partial charge in [0.2, 0.25) is 10.0 Å². The molecule has 0 amide bonds. The lowest BCUT2D eigenvalue weighted by atomic mass is 10.4. The molecular weight excluding hydrogens is 214 g/mol. The SMILES string of the molecule is CCCN(CCO)S(=O)(=O)C1CCCC1. The highest BCUT2D eigenvalue weighted by Gasteiger charge is 2.33. The molecule has 0 unspecified atom stereocenters. The molecule has 0 radical (unpaired) electrons. The van der Waals surface area contributed by atoms with E-state index in [0.717, 1.165) is 32.1 Å². The zero-order valence-corrected chi connectivity index (χ0v) is 10.2. The summed E-state index contributed by atoms with van der Waals surface area (Å²) in [5, 5.41) is 8.66. The summed E-state index contributed by atoms with van der Waals surface area (Å²) in [5.41, 5.74) is 0. The van der Waals surface area contributed by atoms with E-state index in [1.807, 2.05) is 6.92 Å². The van der Waals surface area contributed by atoms with Crippen LogP contribution in [0.5, 0.6) is 0 Å². The first kappa shape index (κ1) is 12.9. The van der Waals surface area contributed by atoms with Crippen LogP contribution < -0.4 is 0 Å². The zero-order chi connectivity index (χ0) is 11.3. The first-order valence-corrected chi connectivity index (χ1v) is 7.23. The largest absolute Gasteiger partial charge is 0.395 e. The normalized spacial score (nSPS) is 18.9. The Balaban J connectivity index is 2.70. The highest BCUT2D eigenvalue weighted by atomic mass is 32.2. The van der Waals surface area contributed by atoms with Gasteiger partial charge in [-0.25, -0.2) is 8.42 Å². The van der Waals surface area contributed by atoms with Crippen molar-refractivity contribution in [2.24, 2.45) is 0 Å². The maximum absolute atomic E-state index is 12.1. The van der Waals surface area contributed by atoms with Crippen molar-refractivity contribution in [1.29, 1.82) is 0 Å². The first-order chi connectivity index (χ1) is 7.12. The van der Waals surface area contributed by atoms with Crippen molar-refractivity contribution in [1.82, 2.24) is 4.31 Å². The lowest BCUT2D eigenvalue weighted by molar-refractivity contribution is 0.252. The minimum atomic E-state index is -3.15. The second-order valence-electron chi connectivity index (χ2n) is 4.07. The van der Waals surface area contributed by atoms with Crippen molar-refractivity contribution in [2.75, 3.05) is 19.7 Å². The van der Waals surface area contributed by atoms with Crippen molar-refractivity contribution in [3.63, 3.8) is 0 Å². The van der Waals surface area contributed by atoms with Gasteiger partial charge in [0.15, 0.2) is 0 Å². The maximum Gasteiger partial charge on any atom is 0.217 e. The lowest BCUT2D eigenvalue weighted by Gasteiger charge is -2.24. The molecule has 0 heterocycles. The molecule has 0 aromatic rings. The van der Waals surface area contributed by atoms with E-state index in [0.29, 0.717) is 6.54 Å². The summed E-state index contributed by atoms with van der Waals surface area (Å²) in [7, 11) is -3.15. The van der Waals surface area contributed by atoms with Crippen LogP contribution in [0.15, 0.2) is 0 Å². The van der Waals surface area contributed by atoms with Crippen LogP contribution in [0, 0.1) is 0 Å². The van der Waals surface area contributed by atoms with Gasteiger partial charge in [-0.15, -0.1) is 0 Å². The van der Waals surface area contributed by atoms with Crippen molar-refractivity contribution in [2.45, 2.75) is 44.3 Å². The number of hydrogen-bond donors (Lipinski definition) is 1. The smallest absolute Gasteiger partial charge is 0.217 e. The second-order valence-corrected chi connectivity index (χ2v) is 6.29. The summed E-state index contributed by atoms with van der Waals surface area (Å²) >= 11 is 0. The minimum Gasteiger partial charge on any atom is -0.395 e. The summed E-state index contributed by atoms with van der Waals surface area (Å²) in [4.78, 5) is 0. The van der Waals surface area contributed by atoms with Crippen LogP contribution in [-0.4, -0.2) is 42.8 Å². The summed E-state index contributed by atoms with van der Waals surface area (Å²) < 4.78 is 25.7. The quantitative estimate of drug-likeness (QED) is 0.746. The molecule has 0 atom stereocenters. The summed E-state index contributed by atoms with van der Waals surface area (Å²) in [6.45, 7) is 2.63. The summed E-state index contributed by atoms with van der Waals surface area (Å²) in [6, 6.07) is 0. The number of hydrogen-bond acceptors (Lipinski definition) is 3. The van der Waals surface area contributed by atoms with E-state index < -0.39 is 10.0 Å². The molecular formula is C10H21NO3S. The van der Waals surface area contributed by atoms with Crippen molar-refractivity contribution in [3.05, 3.63) is 0 Å².